The van der Waals surface area contributed by atoms with Crippen molar-refractivity contribution >= 4 is 5.91 Å². The van der Waals surface area contributed by atoms with Crippen molar-refractivity contribution in [1.82, 2.24) is 4.90 Å². The van der Waals surface area contributed by atoms with Crippen LogP contribution in [0, 0.1) is 19.3 Å². The minimum Gasteiger partial charge on any atom is -0.493 e. The standard InChI is InChI=1S/C25H35NO3/c1-18-13-14-19(2)22(17-18)29-16-10-15-25(4,5)24(28)26(6)20(3)23(27)21-11-8-7-9-12-21/h7-9,11-14,17,20,23,27H,10,15-16H2,1-6H3. The van der Waals surface area contributed by atoms with Crippen molar-refractivity contribution in [3.63, 3.8) is 0 Å². The van der Waals surface area contributed by atoms with Crippen LogP contribution in [0.3, 0.4) is 0 Å². The molecule has 4 heteroatoms. The van der Waals surface area contributed by atoms with Crippen molar-refractivity contribution in [3.05, 3.63) is 65.2 Å². The Morgan fingerprint density at radius 2 is 1.79 bits per heavy atom. The third-order valence-electron chi connectivity index (χ3n) is 5.66. The largest absolute Gasteiger partial charge is 0.493 e. The number of rotatable bonds is 9. The molecule has 0 fully saturated rings. The Bertz CT molecular complexity index is 801. The van der Waals surface area contributed by atoms with Crippen molar-refractivity contribution < 1.29 is 14.6 Å². The van der Waals surface area contributed by atoms with Crippen LogP contribution < -0.4 is 4.74 Å². The Balaban J connectivity index is 1.90. The molecular weight excluding hydrogens is 362 g/mol. The van der Waals surface area contributed by atoms with Gasteiger partial charge in [-0.05, 0) is 56.4 Å². The zero-order valence-corrected chi connectivity index (χ0v) is 18.6. The molecule has 0 aliphatic heterocycles. The number of hydrogen-bond donors (Lipinski definition) is 1. The van der Waals surface area contributed by atoms with E-state index in [1.54, 1.807) is 11.9 Å². The Morgan fingerprint density at radius 1 is 1.14 bits per heavy atom. The number of hydrogen-bond acceptors (Lipinski definition) is 3. The van der Waals surface area contributed by atoms with Gasteiger partial charge in [-0.15, -0.1) is 0 Å². The number of carbonyl (C=O) groups excluding carboxylic acids is 1. The van der Waals surface area contributed by atoms with E-state index in [4.69, 9.17) is 4.74 Å². The van der Waals surface area contributed by atoms with E-state index in [9.17, 15) is 9.90 Å². The first-order valence-electron chi connectivity index (χ1n) is 10.3. The second-order valence-electron chi connectivity index (χ2n) is 8.62. The van der Waals surface area contributed by atoms with Crippen LogP contribution in [-0.2, 0) is 4.79 Å². The van der Waals surface area contributed by atoms with Crippen LogP contribution in [0.15, 0.2) is 48.5 Å². The first kappa shape index (κ1) is 23.0. The Morgan fingerprint density at radius 3 is 2.45 bits per heavy atom. The minimum absolute atomic E-state index is 0.0340. The summed E-state index contributed by atoms with van der Waals surface area (Å²) in [5, 5.41) is 10.6. The van der Waals surface area contributed by atoms with Crippen LogP contribution >= 0.6 is 0 Å². The highest BCUT2D eigenvalue weighted by Crippen LogP contribution is 2.29. The molecule has 0 saturated carbocycles. The number of aliphatic hydroxyl groups excluding tert-OH is 1. The third-order valence-corrected chi connectivity index (χ3v) is 5.66. The van der Waals surface area contributed by atoms with Crippen LogP contribution in [-0.4, -0.2) is 35.6 Å². The predicted octanol–water partition coefficient (Wildman–Crippen LogP) is 5.07. The van der Waals surface area contributed by atoms with Crippen LogP contribution in [0.25, 0.3) is 0 Å². The van der Waals surface area contributed by atoms with Crippen LogP contribution in [0.5, 0.6) is 5.75 Å². The summed E-state index contributed by atoms with van der Waals surface area (Å²) in [4.78, 5) is 14.7. The van der Waals surface area contributed by atoms with Gasteiger partial charge in [-0.25, -0.2) is 0 Å². The maximum absolute atomic E-state index is 13.1. The SMILES string of the molecule is Cc1ccc(C)c(OCCCC(C)(C)C(=O)N(C)C(C)C(O)c2ccccc2)c1. The second-order valence-corrected chi connectivity index (χ2v) is 8.62. The maximum atomic E-state index is 13.1. The van der Waals surface area contributed by atoms with Gasteiger partial charge in [0.15, 0.2) is 0 Å². The van der Waals surface area contributed by atoms with E-state index >= 15 is 0 Å². The molecule has 1 N–H and O–H groups in total. The maximum Gasteiger partial charge on any atom is 0.228 e. The average molecular weight is 398 g/mol. The molecule has 4 nitrogen and oxygen atoms in total. The molecule has 2 rings (SSSR count). The third kappa shape index (κ3) is 6.07. The van der Waals surface area contributed by atoms with Crippen molar-refractivity contribution in [2.24, 2.45) is 5.41 Å². The second kappa shape index (κ2) is 9.93. The molecule has 0 aliphatic carbocycles. The van der Waals surface area contributed by atoms with Gasteiger partial charge in [0, 0.05) is 12.5 Å². The molecule has 0 saturated heterocycles. The van der Waals surface area contributed by atoms with Crippen molar-refractivity contribution in [2.75, 3.05) is 13.7 Å². The average Bonchev–Trinajstić information content (AvgIpc) is 2.72. The van der Waals surface area contributed by atoms with E-state index in [1.165, 1.54) is 5.56 Å². The molecule has 0 aromatic heterocycles. The molecule has 0 spiro atoms. The summed E-state index contributed by atoms with van der Waals surface area (Å²) < 4.78 is 5.93. The highest BCUT2D eigenvalue weighted by atomic mass is 16.5. The fourth-order valence-electron chi connectivity index (χ4n) is 3.47. The van der Waals surface area contributed by atoms with E-state index in [1.807, 2.05) is 64.1 Å². The van der Waals surface area contributed by atoms with E-state index < -0.39 is 11.5 Å². The van der Waals surface area contributed by atoms with Gasteiger partial charge < -0.3 is 14.7 Å². The quantitative estimate of drug-likeness (QED) is 0.601. The number of carbonyl (C=O) groups is 1. The van der Waals surface area contributed by atoms with Gasteiger partial charge in [-0.3, -0.25) is 4.79 Å². The zero-order chi connectivity index (χ0) is 21.6. The molecule has 0 heterocycles. The number of benzene rings is 2. The molecule has 1 amide bonds. The molecular formula is C25H35NO3. The molecule has 158 valence electrons. The van der Waals surface area contributed by atoms with E-state index in [0.717, 1.165) is 29.7 Å². The van der Waals surface area contributed by atoms with Gasteiger partial charge in [-0.2, -0.15) is 0 Å². The lowest BCUT2D eigenvalue weighted by atomic mass is 9.85. The summed E-state index contributed by atoms with van der Waals surface area (Å²) in [7, 11) is 1.77. The lowest BCUT2D eigenvalue weighted by Crippen LogP contribution is -2.45. The Kier molecular flexibility index (Phi) is 7.86. The first-order valence-corrected chi connectivity index (χ1v) is 10.3. The fourth-order valence-corrected chi connectivity index (χ4v) is 3.47. The van der Waals surface area contributed by atoms with E-state index in [2.05, 4.69) is 19.1 Å². The number of aliphatic hydroxyl groups is 1. The number of aryl methyl sites for hydroxylation is 2. The summed E-state index contributed by atoms with van der Waals surface area (Å²) in [6.07, 6.45) is 0.790. The molecule has 2 unspecified atom stereocenters. The lowest BCUT2D eigenvalue weighted by Gasteiger charge is -2.35. The van der Waals surface area contributed by atoms with E-state index in [0.29, 0.717) is 6.61 Å². The van der Waals surface area contributed by atoms with Crippen molar-refractivity contribution in [1.29, 1.82) is 0 Å². The van der Waals surface area contributed by atoms with Crippen LogP contribution in [0.2, 0.25) is 0 Å². The van der Waals surface area contributed by atoms with Crippen LogP contribution in [0.1, 0.15) is 56.4 Å². The van der Waals surface area contributed by atoms with Gasteiger partial charge in [0.1, 0.15) is 5.75 Å². The molecule has 0 aliphatic rings. The first-order chi connectivity index (χ1) is 13.6. The highest BCUT2D eigenvalue weighted by Gasteiger charge is 2.34. The van der Waals surface area contributed by atoms with Gasteiger partial charge in [-0.1, -0.05) is 56.3 Å². The topological polar surface area (TPSA) is 49.8 Å². The number of ether oxygens (including phenoxy) is 1. The number of amides is 1. The number of likely N-dealkylation sites (N-methyl/N-ethyl adjacent to an activating group) is 1. The lowest BCUT2D eigenvalue weighted by molar-refractivity contribution is -0.143. The summed E-state index contributed by atoms with van der Waals surface area (Å²) >= 11 is 0. The zero-order valence-electron chi connectivity index (χ0n) is 18.6. The number of nitrogens with zero attached hydrogens (tertiary/aromatic N) is 1. The van der Waals surface area contributed by atoms with Gasteiger partial charge in [0.25, 0.3) is 0 Å². The Labute approximate surface area is 175 Å². The Hall–Kier alpha value is -2.33. The smallest absolute Gasteiger partial charge is 0.228 e. The summed E-state index contributed by atoms with van der Waals surface area (Å²) in [5.41, 5.74) is 2.59. The predicted molar refractivity (Wildman–Crippen MR) is 118 cm³/mol. The molecule has 0 bridgehead atoms. The molecule has 2 atom stereocenters. The molecule has 2 aromatic carbocycles. The van der Waals surface area contributed by atoms with Gasteiger partial charge in [0.2, 0.25) is 5.91 Å². The minimum atomic E-state index is -0.714. The fraction of sp³-hybridized carbons (Fsp3) is 0.480. The van der Waals surface area contributed by atoms with Gasteiger partial charge >= 0.3 is 0 Å². The monoisotopic (exact) mass is 397 g/mol. The molecule has 0 radical (unpaired) electrons. The molecule has 29 heavy (non-hydrogen) atoms. The summed E-state index contributed by atoms with van der Waals surface area (Å²) in [6.45, 7) is 10.5. The summed E-state index contributed by atoms with van der Waals surface area (Å²) in [5.74, 6) is 0.942. The molecule has 2 aromatic rings. The van der Waals surface area contributed by atoms with E-state index in [-0.39, 0.29) is 11.9 Å². The highest BCUT2D eigenvalue weighted by molar-refractivity contribution is 5.82. The van der Waals surface area contributed by atoms with Crippen LogP contribution in [0.4, 0.5) is 0 Å². The normalized spacial score (nSPS) is 13.6. The van der Waals surface area contributed by atoms with Crippen molar-refractivity contribution in [3.8, 4) is 5.75 Å². The van der Waals surface area contributed by atoms with Gasteiger partial charge in [0.05, 0.1) is 18.8 Å². The summed E-state index contributed by atoms with van der Waals surface area (Å²) in [6, 6.07) is 15.3. The van der Waals surface area contributed by atoms with Crippen molar-refractivity contribution in [2.45, 2.75) is 59.6 Å².